The summed E-state index contributed by atoms with van der Waals surface area (Å²) in [5.74, 6) is 1.48. The van der Waals surface area contributed by atoms with Gasteiger partial charge in [-0.15, -0.1) is 35.3 Å². The number of halogens is 1. The van der Waals surface area contributed by atoms with Gasteiger partial charge in [-0.25, -0.2) is 9.98 Å². The summed E-state index contributed by atoms with van der Waals surface area (Å²) < 4.78 is 5.58. The van der Waals surface area contributed by atoms with Crippen molar-refractivity contribution < 1.29 is 4.42 Å². The highest BCUT2D eigenvalue weighted by molar-refractivity contribution is 14.0. The van der Waals surface area contributed by atoms with Crippen LogP contribution in [0.3, 0.4) is 0 Å². The van der Waals surface area contributed by atoms with Gasteiger partial charge in [0, 0.05) is 31.4 Å². The van der Waals surface area contributed by atoms with E-state index in [1.54, 1.807) is 17.6 Å². The second-order valence-corrected chi connectivity index (χ2v) is 7.68. The van der Waals surface area contributed by atoms with E-state index in [9.17, 15) is 0 Å². The molecule has 0 radical (unpaired) electrons. The van der Waals surface area contributed by atoms with E-state index in [4.69, 9.17) is 9.41 Å². The number of nitrogens with one attached hydrogen (secondary N) is 2. The van der Waals surface area contributed by atoms with Gasteiger partial charge in [-0.3, -0.25) is 0 Å². The summed E-state index contributed by atoms with van der Waals surface area (Å²) >= 11 is 1.62. The number of hydrogen-bond donors (Lipinski definition) is 2. The van der Waals surface area contributed by atoms with Crippen LogP contribution in [0, 0.1) is 0 Å². The van der Waals surface area contributed by atoms with Crippen LogP contribution in [0.5, 0.6) is 0 Å². The predicted molar refractivity (Wildman–Crippen MR) is 130 cm³/mol. The van der Waals surface area contributed by atoms with Crippen molar-refractivity contribution in [3.63, 3.8) is 0 Å². The molecule has 8 heteroatoms. The van der Waals surface area contributed by atoms with E-state index in [-0.39, 0.29) is 24.0 Å². The van der Waals surface area contributed by atoms with E-state index in [0.717, 1.165) is 42.6 Å². The molecule has 1 atom stereocenters. The maximum atomic E-state index is 5.58. The van der Waals surface area contributed by atoms with Gasteiger partial charge in [0.15, 0.2) is 5.96 Å². The van der Waals surface area contributed by atoms with Crippen LogP contribution in [0.1, 0.15) is 19.0 Å². The molecule has 2 aromatic heterocycles. The normalized spacial score (nSPS) is 16.5. The van der Waals surface area contributed by atoms with Crippen molar-refractivity contribution in [2.45, 2.75) is 25.9 Å². The number of aromatic nitrogens is 1. The Bertz CT molecular complexity index is 897. The third-order valence-corrected chi connectivity index (χ3v) is 5.54. The lowest BCUT2D eigenvalue weighted by Gasteiger charge is -2.20. The first-order valence-electron chi connectivity index (χ1n) is 9.65. The molecule has 3 heterocycles. The third-order valence-electron chi connectivity index (χ3n) is 4.68. The molecule has 2 N–H and O–H groups in total. The van der Waals surface area contributed by atoms with Crippen molar-refractivity contribution in [3.8, 4) is 10.8 Å². The second kappa shape index (κ2) is 10.6. The molecular formula is C21H26IN5OS. The fraction of sp³-hybridized carbons (Fsp3) is 0.333. The molecular weight excluding hydrogens is 497 g/mol. The monoisotopic (exact) mass is 523 g/mol. The number of thiophene rings is 1. The Morgan fingerprint density at radius 3 is 2.90 bits per heavy atom. The minimum absolute atomic E-state index is 0. The first kappa shape index (κ1) is 21.6. The van der Waals surface area contributed by atoms with Crippen LogP contribution >= 0.6 is 35.3 Å². The fourth-order valence-electron chi connectivity index (χ4n) is 3.32. The number of rotatable bonds is 6. The molecule has 154 valence electrons. The van der Waals surface area contributed by atoms with Crippen LogP contribution in [-0.2, 0) is 6.54 Å². The topological polar surface area (TPSA) is 65.7 Å². The molecule has 0 saturated carbocycles. The zero-order valence-electron chi connectivity index (χ0n) is 16.4. The van der Waals surface area contributed by atoms with E-state index in [1.165, 1.54) is 5.69 Å². The van der Waals surface area contributed by atoms with E-state index in [2.05, 4.69) is 57.8 Å². The number of para-hydroxylation sites is 1. The van der Waals surface area contributed by atoms with Crippen LogP contribution < -0.4 is 15.5 Å². The third kappa shape index (κ3) is 5.72. The Hall–Kier alpha value is -2.07. The SMILES string of the molecule is CCNC(=NCc1coc(-c2cccs2)n1)NC1CCN(c2ccccc2)C1.I. The molecule has 0 amide bonds. The highest BCUT2D eigenvalue weighted by Crippen LogP contribution is 2.24. The van der Waals surface area contributed by atoms with Gasteiger partial charge >= 0.3 is 0 Å². The van der Waals surface area contributed by atoms with Crippen LogP contribution in [-0.4, -0.2) is 36.6 Å². The van der Waals surface area contributed by atoms with Gasteiger partial charge < -0.3 is 20.0 Å². The minimum Gasteiger partial charge on any atom is -0.443 e. The fourth-order valence-corrected chi connectivity index (χ4v) is 3.97. The summed E-state index contributed by atoms with van der Waals surface area (Å²) in [6, 6.07) is 14.9. The number of hydrogen-bond acceptors (Lipinski definition) is 5. The number of guanidine groups is 1. The highest BCUT2D eigenvalue weighted by Gasteiger charge is 2.23. The summed E-state index contributed by atoms with van der Waals surface area (Å²) in [4.78, 5) is 12.7. The van der Waals surface area contributed by atoms with Gasteiger partial charge in [0.05, 0.1) is 11.4 Å². The maximum absolute atomic E-state index is 5.58. The summed E-state index contributed by atoms with van der Waals surface area (Å²) in [5, 5.41) is 8.91. The molecule has 6 nitrogen and oxygen atoms in total. The predicted octanol–water partition coefficient (Wildman–Crippen LogP) is 4.36. The number of oxazole rings is 1. The molecule has 1 unspecified atom stereocenters. The van der Waals surface area contributed by atoms with E-state index < -0.39 is 0 Å². The molecule has 0 bridgehead atoms. The van der Waals surface area contributed by atoms with Crippen molar-refractivity contribution in [1.29, 1.82) is 0 Å². The van der Waals surface area contributed by atoms with Crippen LogP contribution in [0.4, 0.5) is 5.69 Å². The van der Waals surface area contributed by atoms with Crippen LogP contribution in [0.15, 0.2) is 63.5 Å². The lowest BCUT2D eigenvalue weighted by molar-refractivity contribution is 0.574. The van der Waals surface area contributed by atoms with Gasteiger partial charge in [0.25, 0.3) is 0 Å². The Labute approximate surface area is 192 Å². The molecule has 0 aliphatic carbocycles. The van der Waals surface area contributed by atoms with E-state index in [0.29, 0.717) is 18.5 Å². The smallest absolute Gasteiger partial charge is 0.236 e. The van der Waals surface area contributed by atoms with Crippen LogP contribution in [0.25, 0.3) is 10.8 Å². The van der Waals surface area contributed by atoms with Crippen LogP contribution in [0.2, 0.25) is 0 Å². The number of nitrogens with zero attached hydrogens (tertiary/aromatic N) is 3. The van der Waals surface area contributed by atoms with Gasteiger partial charge in [-0.1, -0.05) is 24.3 Å². The Kier molecular flexibility index (Phi) is 7.93. The lowest BCUT2D eigenvalue weighted by atomic mass is 10.3. The van der Waals surface area contributed by atoms with Gasteiger partial charge in [-0.05, 0) is 36.9 Å². The van der Waals surface area contributed by atoms with Crippen molar-refractivity contribution in [1.82, 2.24) is 15.6 Å². The van der Waals surface area contributed by atoms with Gasteiger partial charge in [0.1, 0.15) is 12.0 Å². The molecule has 1 fully saturated rings. The average molecular weight is 523 g/mol. The number of aliphatic imine (C=N–C) groups is 1. The summed E-state index contributed by atoms with van der Waals surface area (Å²) in [6.07, 6.45) is 2.78. The molecule has 1 aliphatic rings. The molecule has 3 aromatic rings. The number of benzene rings is 1. The summed E-state index contributed by atoms with van der Waals surface area (Å²) in [6.45, 7) is 5.40. The largest absolute Gasteiger partial charge is 0.443 e. The Balaban J connectivity index is 0.00000240. The standard InChI is InChI=1S/C21H25N5OS.HI/c1-2-22-21(23-13-17-15-27-20(24-17)19-9-6-12-28-19)25-16-10-11-26(14-16)18-7-4-3-5-8-18;/h3-9,12,15-16H,2,10-11,13-14H2,1H3,(H2,22,23,25);1H. The van der Waals surface area contributed by atoms with Crippen molar-refractivity contribution in [3.05, 3.63) is 59.8 Å². The Morgan fingerprint density at radius 1 is 1.28 bits per heavy atom. The molecule has 1 saturated heterocycles. The molecule has 29 heavy (non-hydrogen) atoms. The lowest BCUT2D eigenvalue weighted by Crippen LogP contribution is -2.44. The Morgan fingerprint density at radius 2 is 2.14 bits per heavy atom. The summed E-state index contributed by atoms with van der Waals surface area (Å²) in [5.41, 5.74) is 2.11. The maximum Gasteiger partial charge on any atom is 0.236 e. The first-order valence-corrected chi connectivity index (χ1v) is 10.5. The second-order valence-electron chi connectivity index (χ2n) is 6.73. The molecule has 1 aliphatic heterocycles. The quantitative estimate of drug-likeness (QED) is 0.286. The first-order chi connectivity index (χ1) is 13.8. The highest BCUT2D eigenvalue weighted by atomic mass is 127. The van der Waals surface area contributed by atoms with Crippen molar-refractivity contribution in [2.75, 3.05) is 24.5 Å². The van der Waals surface area contributed by atoms with E-state index >= 15 is 0 Å². The van der Waals surface area contributed by atoms with Crippen molar-refractivity contribution in [2.24, 2.45) is 4.99 Å². The van der Waals surface area contributed by atoms with E-state index in [1.807, 2.05) is 17.5 Å². The molecule has 1 aromatic carbocycles. The van der Waals surface area contributed by atoms with Crippen molar-refractivity contribution >= 4 is 47.0 Å². The van der Waals surface area contributed by atoms with Gasteiger partial charge in [-0.2, -0.15) is 0 Å². The zero-order valence-corrected chi connectivity index (χ0v) is 19.5. The zero-order chi connectivity index (χ0) is 19.2. The number of anilines is 1. The minimum atomic E-state index is 0. The summed E-state index contributed by atoms with van der Waals surface area (Å²) in [7, 11) is 0. The van der Waals surface area contributed by atoms with Gasteiger partial charge in [0.2, 0.25) is 5.89 Å². The average Bonchev–Trinajstić information content (AvgIpc) is 3.48. The molecule has 0 spiro atoms. The molecule has 4 rings (SSSR count).